The zero-order valence-corrected chi connectivity index (χ0v) is 15.0. The van der Waals surface area contributed by atoms with Gasteiger partial charge in [0, 0.05) is 24.8 Å². The van der Waals surface area contributed by atoms with Gasteiger partial charge in [-0.3, -0.25) is 14.4 Å². The Hall–Kier alpha value is -1.40. The van der Waals surface area contributed by atoms with E-state index < -0.39 is 0 Å². The lowest BCUT2D eigenvalue weighted by molar-refractivity contribution is -0.125. The molecule has 1 N–H and O–H groups in total. The van der Waals surface area contributed by atoms with Gasteiger partial charge in [0.2, 0.25) is 5.91 Å². The Morgan fingerprint density at radius 2 is 2.12 bits per heavy atom. The average molecular weight is 334 g/mol. The number of carbonyl (C=O) groups excluding carboxylic acids is 1. The molecule has 1 aliphatic carbocycles. The Morgan fingerprint density at radius 3 is 2.83 bits per heavy atom. The van der Waals surface area contributed by atoms with E-state index >= 15 is 0 Å². The molecule has 2 aliphatic rings. The number of aryl methyl sites for hydroxylation is 2. The molecule has 134 valence electrons. The van der Waals surface area contributed by atoms with Crippen LogP contribution in [0.1, 0.15) is 43.5 Å². The van der Waals surface area contributed by atoms with Gasteiger partial charge in [-0.1, -0.05) is 19.3 Å². The maximum Gasteiger partial charge on any atom is 0.234 e. The molecule has 0 aromatic carbocycles. The normalized spacial score (nSPS) is 23.3. The summed E-state index contributed by atoms with van der Waals surface area (Å²) >= 11 is 0. The Bertz CT molecular complexity index is 551. The van der Waals surface area contributed by atoms with Gasteiger partial charge >= 0.3 is 0 Å². The minimum atomic E-state index is 0.0965. The third-order valence-corrected chi connectivity index (χ3v) is 5.04. The van der Waals surface area contributed by atoms with Gasteiger partial charge in [-0.15, -0.1) is 0 Å². The molecule has 1 saturated heterocycles. The molecule has 24 heavy (non-hydrogen) atoms. The van der Waals surface area contributed by atoms with Gasteiger partial charge in [-0.2, -0.15) is 5.10 Å². The molecule has 1 amide bonds. The minimum absolute atomic E-state index is 0.0965. The number of aromatic nitrogens is 2. The van der Waals surface area contributed by atoms with E-state index in [1.165, 1.54) is 19.3 Å². The molecule has 1 atom stereocenters. The second-order valence-electron chi connectivity index (χ2n) is 7.24. The molecule has 0 radical (unpaired) electrons. The van der Waals surface area contributed by atoms with Crippen molar-refractivity contribution in [2.24, 2.45) is 0 Å². The van der Waals surface area contributed by atoms with Crippen molar-refractivity contribution >= 4 is 5.91 Å². The maximum absolute atomic E-state index is 12.3. The van der Waals surface area contributed by atoms with Gasteiger partial charge in [-0.25, -0.2) is 0 Å². The molecule has 1 aromatic rings. The van der Waals surface area contributed by atoms with Crippen molar-refractivity contribution in [2.75, 3.05) is 26.2 Å². The predicted octanol–water partition coefficient (Wildman–Crippen LogP) is 1.65. The van der Waals surface area contributed by atoms with E-state index in [9.17, 15) is 4.79 Å². The summed E-state index contributed by atoms with van der Waals surface area (Å²) in [6.45, 7) is 7.60. The number of rotatable bonds is 5. The number of amides is 1. The second-order valence-corrected chi connectivity index (χ2v) is 7.24. The van der Waals surface area contributed by atoms with Gasteiger partial charge < -0.3 is 10.1 Å². The van der Waals surface area contributed by atoms with E-state index in [4.69, 9.17) is 4.74 Å². The highest BCUT2D eigenvalue weighted by Crippen LogP contribution is 2.17. The molecule has 1 aromatic heterocycles. The average Bonchev–Trinajstić information content (AvgIpc) is 2.86. The first-order chi connectivity index (χ1) is 11.6. The number of nitrogens with one attached hydrogen (secondary N) is 1. The number of hydrogen-bond donors (Lipinski definition) is 1. The van der Waals surface area contributed by atoms with Crippen LogP contribution in [0, 0.1) is 13.8 Å². The highest BCUT2D eigenvalue weighted by atomic mass is 16.5. The summed E-state index contributed by atoms with van der Waals surface area (Å²) in [5.74, 6) is 0.161. The van der Waals surface area contributed by atoms with Crippen molar-refractivity contribution in [3.8, 4) is 0 Å². The van der Waals surface area contributed by atoms with Crippen LogP contribution in [0.2, 0.25) is 0 Å². The highest BCUT2D eigenvalue weighted by molar-refractivity contribution is 5.78. The first-order valence-electron chi connectivity index (χ1n) is 9.24. The minimum Gasteiger partial charge on any atom is -0.374 e. The molecule has 6 heteroatoms. The summed E-state index contributed by atoms with van der Waals surface area (Å²) in [5, 5.41) is 7.71. The smallest absolute Gasteiger partial charge is 0.234 e. The maximum atomic E-state index is 12.3. The number of morpholine rings is 1. The summed E-state index contributed by atoms with van der Waals surface area (Å²) < 4.78 is 7.88. The van der Waals surface area contributed by atoms with Crippen molar-refractivity contribution in [3.05, 3.63) is 17.5 Å². The van der Waals surface area contributed by atoms with Gasteiger partial charge in [-0.05, 0) is 32.8 Å². The van der Waals surface area contributed by atoms with Crippen LogP contribution in [0.5, 0.6) is 0 Å². The number of carbonyl (C=O) groups is 1. The van der Waals surface area contributed by atoms with Crippen LogP contribution >= 0.6 is 0 Å². The van der Waals surface area contributed by atoms with Crippen LogP contribution < -0.4 is 5.32 Å². The van der Waals surface area contributed by atoms with Gasteiger partial charge in [0.15, 0.2) is 0 Å². The van der Waals surface area contributed by atoms with E-state index in [-0.39, 0.29) is 12.0 Å². The molecule has 6 nitrogen and oxygen atoms in total. The van der Waals surface area contributed by atoms with E-state index in [0.717, 1.165) is 43.9 Å². The summed E-state index contributed by atoms with van der Waals surface area (Å²) in [6, 6.07) is 2.47. The molecule has 3 rings (SSSR count). The summed E-state index contributed by atoms with van der Waals surface area (Å²) in [7, 11) is 0. The third-order valence-electron chi connectivity index (χ3n) is 5.04. The quantitative estimate of drug-likeness (QED) is 0.889. The Labute approximate surface area is 144 Å². The van der Waals surface area contributed by atoms with Crippen LogP contribution in [0.3, 0.4) is 0 Å². The second kappa shape index (κ2) is 8.12. The molecule has 2 heterocycles. The van der Waals surface area contributed by atoms with E-state index in [1.54, 1.807) is 0 Å². The van der Waals surface area contributed by atoms with Crippen molar-refractivity contribution < 1.29 is 9.53 Å². The molecule has 1 saturated carbocycles. The largest absolute Gasteiger partial charge is 0.374 e. The van der Waals surface area contributed by atoms with Crippen LogP contribution in [0.25, 0.3) is 0 Å². The van der Waals surface area contributed by atoms with Crippen LogP contribution in [0.4, 0.5) is 0 Å². The van der Waals surface area contributed by atoms with E-state index in [2.05, 4.69) is 28.3 Å². The van der Waals surface area contributed by atoms with Crippen molar-refractivity contribution in [1.82, 2.24) is 20.0 Å². The third kappa shape index (κ3) is 4.80. The zero-order chi connectivity index (χ0) is 16.9. The predicted molar refractivity (Wildman–Crippen MR) is 92.9 cm³/mol. The summed E-state index contributed by atoms with van der Waals surface area (Å²) in [6.07, 6.45) is 6.16. The topological polar surface area (TPSA) is 59.4 Å². The molecule has 1 aliphatic heterocycles. The first kappa shape index (κ1) is 17.4. The van der Waals surface area contributed by atoms with Crippen molar-refractivity contribution in [1.29, 1.82) is 0 Å². The van der Waals surface area contributed by atoms with Crippen molar-refractivity contribution in [3.63, 3.8) is 0 Å². The molecule has 0 unspecified atom stereocenters. The van der Waals surface area contributed by atoms with Gasteiger partial charge in [0.25, 0.3) is 0 Å². The van der Waals surface area contributed by atoms with E-state index in [0.29, 0.717) is 19.2 Å². The number of ether oxygens (including phenoxy) is 1. The van der Waals surface area contributed by atoms with Crippen LogP contribution in [-0.2, 0) is 16.1 Å². The van der Waals surface area contributed by atoms with Crippen molar-refractivity contribution in [2.45, 2.75) is 64.6 Å². The van der Waals surface area contributed by atoms with Gasteiger partial charge in [0.05, 0.1) is 31.5 Å². The number of nitrogens with zero attached hydrogens (tertiary/aromatic N) is 3. The lowest BCUT2D eigenvalue weighted by Crippen LogP contribution is -2.49. The van der Waals surface area contributed by atoms with Gasteiger partial charge in [0.1, 0.15) is 0 Å². The summed E-state index contributed by atoms with van der Waals surface area (Å²) in [4.78, 5) is 14.5. The fourth-order valence-corrected chi connectivity index (χ4v) is 3.81. The lowest BCUT2D eigenvalue weighted by Gasteiger charge is -2.33. The molecular weight excluding hydrogens is 304 g/mol. The molecule has 2 fully saturated rings. The van der Waals surface area contributed by atoms with Crippen LogP contribution in [0.15, 0.2) is 6.07 Å². The lowest BCUT2D eigenvalue weighted by atomic mass is 9.95. The fourth-order valence-electron chi connectivity index (χ4n) is 3.81. The standard InChI is InChI=1S/C18H30N4O2/c1-14-10-15(2)22(20-14)12-17-11-21(8-9-24-17)13-18(23)19-16-6-4-3-5-7-16/h10,16-17H,3-9,11-13H2,1-2H3,(H,19,23)/t17-/m0/s1. The monoisotopic (exact) mass is 334 g/mol. The molecular formula is C18H30N4O2. The highest BCUT2D eigenvalue weighted by Gasteiger charge is 2.24. The Morgan fingerprint density at radius 1 is 1.33 bits per heavy atom. The SMILES string of the molecule is Cc1cc(C)n(C[C@@H]2CN(CC(=O)NC3CCCCC3)CCO2)n1. The first-order valence-corrected chi connectivity index (χ1v) is 9.24. The van der Waals surface area contributed by atoms with Crippen LogP contribution in [-0.4, -0.2) is 59.0 Å². The number of hydrogen-bond acceptors (Lipinski definition) is 4. The fraction of sp³-hybridized carbons (Fsp3) is 0.778. The molecule has 0 spiro atoms. The molecule has 0 bridgehead atoms. The Kier molecular flexibility index (Phi) is 5.89. The zero-order valence-electron chi connectivity index (χ0n) is 15.0. The van der Waals surface area contributed by atoms with E-state index in [1.807, 2.05) is 11.6 Å². The Balaban J connectivity index is 1.46. The summed E-state index contributed by atoms with van der Waals surface area (Å²) in [5.41, 5.74) is 2.19.